The van der Waals surface area contributed by atoms with Gasteiger partial charge in [0.05, 0.1) is 5.92 Å². The molecule has 0 unspecified atom stereocenters. The van der Waals surface area contributed by atoms with Gasteiger partial charge in [0.1, 0.15) is 0 Å². The molecule has 4 aromatic carbocycles. The van der Waals surface area contributed by atoms with Gasteiger partial charge < -0.3 is 5.11 Å². The smallest absolute Gasteiger partial charge is 0.306 e. The molecule has 4 aliphatic rings. The molecule has 0 spiro atoms. The SMILES string of the molecule is CC(C)(C)C1CCC(=Cc2ccc3cc(CN4CCC(/C=C/CC(C)(C)C5CCC(=Cc6ccc7cc(CN8CCC(C(=O)O)CC8)ccc7c6)CC5)CC4)ccc3c2)CC1. The molecule has 1 N–H and O–H groups in total. The standard InChI is InChI=1S/C57H74N2O2/c1-56(2,3)53-20-12-42(13-21-53)33-44-8-16-51-37-46(10-18-49(51)35-44)39-58-29-24-41(25-30-58)7-6-28-57(4,5)54-22-14-43(15-23-54)34-45-9-17-52-38-47(11-19-50(52)36-45)40-59-31-26-48(27-32-59)55(60)61/h6-11,16-19,33-38,41,48,53-54H,12-15,20-32,39-40H2,1-5H3,(H,60,61)/b7-6+,42-33?,43-34?. The van der Waals surface area contributed by atoms with Crippen molar-refractivity contribution in [1.29, 1.82) is 0 Å². The molecule has 2 aliphatic heterocycles. The van der Waals surface area contributed by atoms with Crippen molar-refractivity contribution in [1.82, 2.24) is 9.80 Å². The lowest BCUT2D eigenvalue weighted by atomic mass is 9.68. The summed E-state index contributed by atoms with van der Waals surface area (Å²) in [6.45, 7) is 18.3. The van der Waals surface area contributed by atoms with Crippen LogP contribution in [-0.2, 0) is 17.9 Å². The van der Waals surface area contributed by atoms with Crippen LogP contribution in [0.3, 0.4) is 0 Å². The second-order valence-corrected chi connectivity index (χ2v) is 21.5. The Morgan fingerprint density at radius 2 is 1.03 bits per heavy atom. The molecule has 324 valence electrons. The van der Waals surface area contributed by atoms with E-state index in [1.54, 1.807) is 11.1 Å². The van der Waals surface area contributed by atoms with Crippen LogP contribution in [0.1, 0.15) is 140 Å². The number of carboxylic acid groups (broad SMARTS) is 1. The molecule has 0 radical (unpaired) electrons. The van der Waals surface area contributed by atoms with Crippen LogP contribution >= 0.6 is 0 Å². The van der Waals surface area contributed by atoms with Gasteiger partial charge in [-0.2, -0.15) is 0 Å². The van der Waals surface area contributed by atoms with Crippen LogP contribution in [0.25, 0.3) is 33.7 Å². The highest BCUT2D eigenvalue weighted by Crippen LogP contribution is 2.43. The lowest BCUT2D eigenvalue weighted by molar-refractivity contribution is -0.143. The normalized spacial score (nSPS) is 22.0. The van der Waals surface area contributed by atoms with Gasteiger partial charge >= 0.3 is 5.97 Å². The van der Waals surface area contributed by atoms with Crippen LogP contribution in [0.2, 0.25) is 0 Å². The number of carboxylic acids is 1. The lowest BCUT2D eigenvalue weighted by Crippen LogP contribution is -2.35. The van der Waals surface area contributed by atoms with Crippen molar-refractivity contribution in [2.45, 2.75) is 131 Å². The van der Waals surface area contributed by atoms with E-state index >= 15 is 0 Å². The molecule has 0 bridgehead atoms. The summed E-state index contributed by atoms with van der Waals surface area (Å²) in [7, 11) is 0. The summed E-state index contributed by atoms with van der Waals surface area (Å²) in [6, 6.07) is 28.0. The molecule has 2 saturated heterocycles. The van der Waals surface area contributed by atoms with Gasteiger partial charge in [-0.3, -0.25) is 14.6 Å². The Hall–Kier alpha value is -3.99. The first-order chi connectivity index (χ1) is 29.3. The van der Waals surface area contributed by atoms with Crippen molar-refractivity contribution >= 4 is 39.7 Å². The van der Waals surface area contributed by atoms with Gasteiger partial charge in [-0.05, 0) is 206 Å². The third-order valence-corrected chi connectivity index (χ3v) is 15.6. The zero-order valence-electron chi connectivity index (χ0n) is 38.2. The van der Waals surface area contributed by atoms with Crippen molar-refractivity contribution in [3.63, 3.8) is 0 Å². The number of nitrogens with zero attached hydrogens (tertiary/aromatic N) is 2. The van der Waals surface area contributed by atoms with Crippen LogP contribution in [0, 0.1) is 34.5 Å². The lowest BCUT2D eigenvalue weighted by Gasteiger charge is -2.37. The molecule has 2 saturated carbocycles. The second-order valence-electron chi connectivity index (χ2n) is 21.5. The molecule has 8 rings (SSSR count). The number of likely N-dealkylation sites (tertiary alicyclic amines) is 2. The van der Waals surface area contributed by atoms with Gasteiger partial charge in [-0.25, -0.2) is 0 Å². The third kappa shape index (κ3) is 11.5. The summed E-state index contributed by atoms with van der Waals surface area (Å²) in [6.07, 6.45) is 25.4. The molecular formula is C57H74N2O2. The van der Waals surface area contributed by atoms with Crippen LogP contribution in [-0.4, -0.2) is 47.1 Å². The molecular weight excluding hydrogens is 745 g/mol. The fraction of sp³-hybridized carbons (Fsp3) is 0.526. The number of hydrogen-bond acceptors (Lipinski definition) is 3. The van der Waals surface area contributed by atoms with Gasteiger partial charge in [-0.1, -0.05) is 119 Å². The first-order valence-corrected chi connectivity index (χ1v) is 24.1. The molecule has 0 amide bonds. The highest BCUT2D eigenvalue weighted by atomic mass is 16.4. The van der Waals surface area contributed by atoms with Crippen molar-refractivity contribution < 1.29 is 9.90 Å². The van der Waals surface area contributed by atoms with Gasteiger partial charge in [0.15, 0.2) is 0 Å². The largest absolute Gasteiger partial charge is 0.481 e. The number of piperidine rings is 2. The Labute approximate surface area is 368 Å². The Kier molecular flexibility index (Phi) is 13.7. The minimum absolute atomic E-state index is 0.177. The van der Waals surface area contributed by atoms with E-state index in [0.717, 1.165) is 50.9 Å². The predicted molar refractivity (Wildman–Crippen MR) is 258 cm³/mol. The Bertz CT molecular complexity index is 2220. The van der Waals surface area contributed by atoms with E-state index in [4.69, 9.17) is 0 Å². The number of fused-ring (bicyclic) bond motifs is 2. The maximum Gasteiger partial charge on any atom is 0.306 e. The summed E-state index contributed by atoms with van der Waals surface area (Å²) >= 11 is 0. The van der Waals surface area contributed by atoms with Crippen LogP contribution < -0.4 is 0 Å². The molecule has 4 nitrogen and oxygen atoms in total. The van der Waals surface area contributed by atoms with Gasteiger partial charge in [0.25, 0.3) is 0 Å². The number of carbonyl (C=O) groups is 1. The fourth-order valence-corrected chi connectivity index (χ4v) is 11.3. The van der Waals surface area contributed by atoms with E-state index in [0.29, 0.717) is 16.7 Å². The highest BCUT2D eigenvalue weighted by Gasteiger charge is 2.31. The number of allylic oxidation sites excluding steroid dienone is 4. The summed E-state index contributed by atoms with van der Waals surface area (Å²) in [5.74, 6) is 1.51. The van der Waals surface area contributed by atoms with Crippen molar-refractivity contribution in [2.75, 3.05) is 26.2 Å². The van der Waals surface area contributed by atoms with Crippen molar-refractivity contribution in [2.24, 2.45) is 34.5 Å². The van der Waals surface area contributed by atoms with E-state index in [2.05, 4.69) is 142 Å². The fourth-order valence-electron chi connectivity index (χ4n) is 11.3. The molecule has 4 fully saturated rings. The molecule has 0 atom stereocenters. The topological polar surface area (TPSA) is 43.8 Å². The predicted octanol–water partition coefficient (Wildman–Crippen LogP) is 14.4. The van der Waals surface area contributed by atoms with Crippen LogP contribution in [0.4, 0.5) is 0 Å². The number of hydrogen-bond donors (Lipinski definition) is 1. The molecule has 4 heteroatoms. The molecule has 4 aromatic rings. The third-order valence-electron chi connectivity index (χ3n) is 15.6. The Morgan fingerprint density at radius 1 is 0.590 bits per heavy atom. The van der Waals surface area contributed by atoms with E-state index < -0.39 is 5.97 Å². The van der Waals surface area contributed by atoms with E-state index in [1.165, 1.54) is 128 Å². The van der Waals surface area contributed by atoms with Gasteiger partial charge in [0, 0.05) is 13.1 Å². The van der Waals surface area contributed by atoms with Crippen LogP contribution in [0.5, 0.6) is 0 Å². The first-order valence-electron chi connectivity index (χ1n) is 24.1. The maximum absolute atomic E-state index is 11.3. The number of aliphatic carboxylic acids is 1. The van der Waals surface area contributed by atoms with Gasteiger partial charge in [0.2, 0.25) is 0 Å². The van der Waals surface area contributed by atoms with E-state index in [9.17, 15) is 9.90 Å². The zero-order valence-corrected chi connectivity index (χ0v) is 38.2. The molecule has 0 aromatic heterocycles. The first kappa shape index (κ1) is 43.7. The maximum atomic E-state index is 11.3. The van der Waals surface area contributed by atoms with E-state index in [-0.39, 0.29) is 5.92 Å². The molecule has 61 heavy (non-hydrogen) atoms. The summed E-state index contributed by atoms with van der Waals surface area (Å²) in [5, 5.41) is 14.6. The quantitative estimate of drug-likeness (QED) is 0.153. The minimum Gasteiger partial charge on any atom is -0.481 e. The molecule has 2 heterocycles. The number of benzene rings is 4. The summed E-state index contributed by atoms with van der Waals surface area (Å²) in [5.41, 5.74) is 9.43. The monoisotopic (exact) mass is 819 g/mol. The Morgan fingerprint density at radius 3 is 1.51 bits per heavy atom. The van der Waals surface area contributed by atoms with E-state index in [1.807, 2.05) is 0 Å². The second kappa shape index (κ2) is 19.2. The van der Waals surface area contributed by atoms with Gasteiger partial charge in [-0.15, -0.1) is 0 Å². The summed E-state index contributed by atoms with van der Waals surface area (Å²) < 4.78 is 0. The minimum atomic E-state index is -0.641. The summed E-state index contributed by atoms with van der Waals surface area (Å²) in [4.78, 5) is 16.4. The van der Waals surface area contributed by atoms with Crippen molar-refractivity contribution in [3.05, 3.63) is 118 Å². The van der Waals surface area contributed by atoms with Crippen LogP contribution in [0.15, 0.2) is 96.1 Å². The number of rotatable bonds is 11. The average Bonchev–Trinajstić information content (AvgIpc) is 3.24. The zero-order chi connectivity index (χ0) is 42.6. The molecule has 2 aliphatic carbocycles. The Balaban J connectivity index is 0.756. The average molecular weight is 819 g/mol. The van der Waals surface area contributed by atoms with Crippen molar-refractivity contribution in [3.8, 4) is 0 Å². The highest BCUT2D eigenvalue weighted by molar-refractivity contribution is 5.86.